The van der Waals surface area contributed by atoms with Crippen molar-refractivity contribution in [3.05, 3.63) is 24.3 Å². The molecule has 0 N–H and O–H groups in total. The van der Waals surface area contributed by atoms with Gasteiger partial charge in [-0.25, -0.2) is 9.97 Å². The van der Waals surface area contributed by atoms with Crippen LogP contribution in [0.25, 0.3) is 0 Å². The third-order valence-corrected chi connectivity index (χ3v) is 2.23. The highest BCUT2D eigenvalue weighted by Gasteiger charge is 2.13. The van der Waals surface area contributed by atoms with Crippen LogP contribution >= 0.6 is 0 Å². The number of hydrogen-bond acceptors (Lipinski definition) is 2. The zero-order valence-corrected chi connectivity index (χ0v) is 9.99. The Kier molecular flexibility index (Phi) is 6.99. The van der Waals surface area contributed by atoms with Crippen LogP contribution in [0.5, 0.6) is 0 Å². The van der Waals surface area contributed by atoms with E-state index >= 15 is 0 Å². The highest BCUT2D eigenvalue weighted by atomic mass is 14.8. The van der Waals surface area contributed by atoms with Gasteiger partial charge < -0.3 is 0 Å². The second-order valence-electron chi connectivity index (χ2n) is 3.39. The zero-order valence-electron chi connectivity index (χ0n) is 9.99. The van der Waals surface area contributed by atoms with Gasteiger partial charge in [0.1, 0.15) is 6.33 Å². The van der Waals surface area contributed by atoms with Crippen molar-refractivity contribution in [2.24, 2.45) is 5.92 Å². The fourth-order valence-corrected chi connectivity index (χ4v) is 1.54. The molecule has 0 radical (unpaired) electrons. The van der Waals surface area contributed by atoms with Crippen molar-refractivity contribution in [3.8, 4) is 0 Å². The molecule has 0 fully saturated rings. The van der Waals surface area contributed by atoms with E-state index in [-0.39, 0.29) is 0 Å². The summed E-state index contributed by atoms with van der Waals surface area (Å²) in [6.45, 7) is 10.7. The first-order valence-corrected chi connectivity index (χ1v) is 5.51. The summed E-state index contributed by atoms with van der Waals surface area (Å²) >= 11 is 0. The molecular weight excluding hydrogens is 172 g/mol. The average molecular weight is 194 g/mol. The fraction of sp³-hybridized carbons (Fsp3) is 0.667. The van der Waals surface area contributed by atoms with E-state index in [0.29, 0.717) is 11.8 Å². The van der Waals surface area contributed by atoms with Crippen LogP contribution in [0.15, 0.2) is 18.6 Å². The zero-order chi connectivity index (χ0) is 11.0. The molecule has 0 aliphatic heterocycles. The first kappa shape index (κ1) is 13.1. The van der Waals surface area contributed by atoms with Crippen molar-refractivity contribution in [1.29, 1.82) is 0 Å². The second kappa shape index (κ2) is 7.48. The van der Waals surface area contributed by atoms with E-state index in [9.17, 15) is 0 Å². The van der Waals surface area contributed by atoms with Crippen LogP contribution in [0.2, 0.25) is 0 Å². The molecule has 1 rings (SSSR count). The Morgan fingerprint density at radius 1 is 1.29 bits per heavy atom. The summed E-state index contributed by atoms with van der Waals surface area (Å²) in [7, 11) is 0. The maximum atomic E-state index is 4.26. The molecule has 0 aliphatic carbocycles. The Hall–Kier alpha value is -0.920. The molecule has 2 heteroatoms. The van der Waals surface area contributed by atoms with Gasteiger partial charge in [0, 0.05) is 17.8 Å². The summed E-state index contributed by atoms with van der Waals surface area (Å²) in [4.78, 5) is 8.17. The van der Waals surface area contributed by atoms with Gasteiger partial charge in [0.25, 0.3) is 0 Å². The number of aromatic nitrogens is 2. The Balaban J connectivity index is 0.000000791. The van der Waals surface area contributed by atoms with Crippen LogP contribution in [0.3, 0.4) is 0 Å². The molecule has 1 heterocycles. The lowest BCUT2D eigenvalue weighted by Crippen LogP contribution is -2.07. The average Bonchev–Trinajstić information content (AvgIpc) is 2.23. The van der Waals surface area contributed by atoms with Gasteiger partial charge >= 0.3 is 0 Å². The Morgan fingerprint density at radius 3 is 2.29 bits per heavy atom. The van der Waals surface area contributed by atoms with Crippen LogP contribution in [0, 0.1) is 5.92 Å². The first-order valence-electron chi connectivity index (χ1n) is 5.51. The van der Waals surface area contributed by atoms with Crippen LogP contribution in [-0.2, 0) is 0 Å². The van der Waals surface area contributed by atoms with E-state index in [1.54, 1.807) is 6.33 Å². The van der Waals surface area contributed by atoms with Gasteiger partial charge in [0.05, 0.1) is 0 Å². The standard InChI is InChI=1S/C10H16N2.C2H6/c1-4-9(8(2)3)10-5-6-11-7-12-10;1-2/h5-9H,4H2,1-3H3;1-2H3. The highest BCUT2D eigenvalue weighted by Crippen LogP contribution is 2.24. The molecular formula is C12H22N2. The molecule has 1 aromatic rings. The summed E-state index contributed by atoms with van der Waals surface area (Å²) < 4.78 is 0. The SMILES string of the molecule is CC.CCC(c1ccncn1)C(C)C. The van der Waals surface area contributed by atoms with Gasteiger partial charge in [0.2, 0.25) is 0 Å². The minimum atomic E-state index is 0.577. The summed E-state index contributed by atoms with van der Waals surface area (Å²) in [5.41, 5.74) is 1.17. The summed E-state index contributed by atoms with van der Waals surface area (Å²) in [5.74, 6) is 1.23. The van der Waals surface area contributed by atoms with Crippen LogP contribution in [0.1, 0.15) is 52.7 Å². The van der Waals surface area contributed by atoms with E-state index in [1.807, 2.05) is 26.1 Å². The van der Waals surface area contributed by atoms with Gasteiger partial charge in [-0.05, 0) is 18.4 Å². The lowest BCUT2D eigenvalue weighted by Gasteiger charge is -2.17. The summed E-state index contributed by atoms with van der Waals surface area (Å²) in [6.07, 6.45) is 4.59. The molecule has 0 saturated heterocycles. The van der Waals surface area contributed by atoms with Crippen molar-refractivity contribution in [2.75, 3.05) is 0 Å². The van der Waals surface area contributed by atoms with Gasteiger partial charge in [-0.2, -0.15) is 0 Å². The number of nitrogens with zero attached hydrogens (tertiary/aromatic N) is 2. The predicted molar refractivity (Wildman–Crippen MR) is 61.3 cm³/mol. The Morgan fingerprint density at radius 2 is 1.93 bits per heavy atom. The molecule has 0 spiro atoms. The molecule has 1 atom stereocenters. The number of hydrogen-bond donors (Lipinski definition) is 0. The Bertz CT molecular complexity index is 219. The summed E-state index contributed by atoms with van der Waals surface area (Å²) in [6, 6.07) is 2.01. The molecule has 14 heavy (non-hydrogen) atoms. The van der Waals surface area contributed by atoms with Crippen molar-refractivity contribution in [1.82, 2.24) is 9.97 Å². The molecule has 0 amide bonds. The number of rotatable bonds is 3. The molecule has 0 saturated carbocycles. The minimum absolute atomic E-state index is 0.577. The van der Waals surface area contributed by atoms with Crippen LogP contribution in [-0.4, -0.2) is 9.97 Å². The molecule has 2 nitrogen and oxygen atoms in total. The largest absolute Gasteiger partial charge is 0.245 e. The summed E-state index contributed by atoms with van der Waals surface area (Å²) in [5, 5.41) is 0. The predicted octanol–water partition coefficient (Wildman–Crippen LogP) is 3.65. The molecule has 80 valence electrons. The highest BCUT2D eigenvalue weighted by molar-refractivity contribution is 5.06. The Labute approximate surface area is 87.8 Å². The van der Waals surface area contributed by atoms with Crippen molar-refractivity contribution < 1.29 is 0 Å². The third-order valence-electron chi connectivity index (χ3n) is 2.23. The topological polar surface area (TPSA) is 25.8 Å². The van der Waals surface area contributed by atoms with E-state index in [0.717, 1.165) is 6.42 Å². The molecule has 0 aliphatic rings. The molecule has 0 aromatic carbocycles. The van der Waals surface area contributed by atoms with Gasteiger partial charge in [-0.15, -0.1) is 0 Å². The minimum Gasteiger partial charge on any atom is -0.245 e. The van der Waals surface area contributed by atoms with Crippen molar-refractivity contribution in [2.45, 2.75) is 47.0 Å². The van der Waals surface area contributed by atoms with E-state index in [4.69, 9.17) is 0 Å². The lowest BCUT2D eigenvalue weighted by atomic mass is 9.90. The maximum Gasteiger partial charge on any atom is 0.115 e. The van der Waals surface area contributed by atoms with Crippen molar-refractivity contribution >= 4 is 0 Å². The van der Waals surface area contributed by atoms with Gasteiger partial charge in [-0.1, -0.05) is 34.6 Å². The van der Waals surface area contributed by atoms with E-state index < -0.39 is 0 Å². The van der Waals surface area contributed by atoms with Crippen LogP contribution in [0.4, 0.5) is 0 Å². The smallest absolute Gasteiger partial charge is 0.115 e. The molecule has 0 bridgehead atoms. The van der Waals surface area contributed by atoms with E-state index in [1.165, 1.54) is 5.69 Å². The lowest BCUT2D eigenvalue weighted by molar-refractivity contribution is 0.474. The first-order chi connectivity index (χ1) is 6.75. The van der Waals surface area contributed by atoms with Crippen molar-refractivity contribution in [3.63, 3.8) is 0 Å². The van der Waals surface area contributed by atoms with Gasteiger partial charge in [-0.3, -0.25) is 0 Å². The van der Waals surface area contributed by atoms with Crippen LogP contribution < -0.4 is 0 Å². The molecule has 1 aromatic heterocycles. The van der Waals surface area contributed by atoms with Gasteiger partial charge in [0.15, 0.2) is 0 Å². The quantitative estimate of drug-likeness (QED) is 0.734. The third kappa shape index (κ3) is 3.86. The fourth-order valence-electron chi connectivity index (χ4n) is 1.54. The van der Waals surface area contributed by atoms with E-state index in [2.05, 4.69) is 30.7 Å². The normalized spacial score (nSPS) is 11.9. The maximum absolute atomic E-state index is 4.26. The second-order valence-corrected chi connectivity index (χ2v) is 3.39. The monoisotopic (exact) mass is 194 g/mol. The molecule has 1 unspecified atom stereocenters.